The molecule has 0 fully saturated rings. The van der Waals surface area contributed by atoms with E-state index in [0.717, 1.165) is 17.5 Å². The molecule has 1 aromatic heterocycles. The van der Waals surface area contributed by atoms with E-state index in [1.54, 1.807) is 0 Å². The van der Waals surface area contributed by atoms with Gasteiger partial charge in [0.15, 0.2) is 0 Å². The van der Waals surface area contributed by atoms with Gasteiger partial charge in [-0.15, -0.1) is 0 Å². The fourth-order valence-corrected chi connectivity index (χ4v) is 2.25. The van der Waals surface area contributed by atoms with Gasteiger partial charge in [-0.1, -0.05) is 12.1 Å². The molecule has 0 unspecified atom stereocenters. The average molecular weight is 201 g/mol. The second kappa shape index (κ2) is 2.86. The van der Waals surface area contributed by atoms with E-state index in [4.69, 9.17) is 4.74 Å². The molecule has 3 heteroatoms. The van der Waals surface area contributed by atoms with Crippen LogP contribution in [0.1, 0.15) is 21.6 Å². The van der Waals surface area contributed by atoms with E-state index >= 15 is 0 Å². The molecule has 1 aliphatic heterocycles. The lowest BCUT2D eigenvalue weighted by Gasteiger charge is -2.11. The molecule has 76 valence electrons. The first-order valence-electron chi connectivity index (χ1n) is 5.04. The number of H-pyrrole nitrogens is 1. The maximum atomic E-state index is 11.5. The van der Waals surface area contributed by atoms with Crippen LogP contribution >= 0.6 is 0 Å². The predicted octanol–water partition coefficient (Wildman–Crippen LogP) is 2.19. The molecule has 0 spiro atoms. The van der Waals surface area contributed by atoms with E-state index in [2.05, 4.69) is 18.0 Å². The summed E-state index contributed by atoms with van der Waals surface area (Å²) in [5.41, 5.74) is 3.98. The third kappa shape index (κ3) is 1.09. The van der Waals surface area contributed by atoms with E-state index < -0.39 is 0 Å². The molecule has 0 saturated carbocycles. The predicted molar refractivity (Wildman–Crippen MR) is 57.0 cm³/mol. The number of ether oxygens (including phenoxy) is 1. The molecule has 1 aliphatic rings. The molecule has 1 aromatic carbocycles. The van der Waals surface area contributed by atoms with E-state index in [1.165, 1.54) is 10.9 Å². The summed E-state index contributed by atoms with van der Waals surface area (Å²) in [5.74, 6) is -0.230. The minimum Gasteiger partial charge on any atom is -0.461 e. The highest BCUT2D eigenvalue weighted by atomic mass is 16.5. The van der Waals surface area contributed by atoms with Crippen LogP contribution in [0, 0.1) is 6.92 Å². The number of rotatable bonds is 0. The van der Waals surface area contributed by atoms with Gasteiger partial charge >= 0.3 is 5.97 Å². The molecule has 1 N–H and O–H groups in total. The highest BCUT2D eigenvalue weighted by molar-refractivity contribution is 6.00. The number of nitrogens with one attached hydrogen (secondary N) is 1. The van der Waals surface area contributed by atoms with Crippen molar-refractivity contribution < 1.29 is 9.53 Å². The number of hydrogen-bond acceptors (Lipinski definition) is 2. The van der Waals surface area contributed by atoms with E-state index in [-0.39, 0.29) is 5.97 Å². The molecule has 0 amide bonds. The zero-order chi connectivity index (χ0) is 10.4. The van der Waals surface area contributed by atoms with Crippen molar-refractivity contribution in [1.82, 2.24) is 4.98 Å². The third-order valence-corrected chi connectivity index (χ3v) is 2.93. The van der Waals surface area contributed by atoms with Crippen LogP contribution < -0.4 is 0 Å². The minimum absolute atomic E-state index is 0.230. The summed E-state index contributed by atoms with van der Waals surface area (Å²) < 4.78 is 5.00. The van der Waals surface area contributed by atoms with Gasteiger partial charge < -0.3 is 9.72 Å². The van der Waals surface area contributed by atoms with Gasteiger partial charge in [-0.2, -0.15) is 0 Å². The molecule has 0 bridgehead atoms. The molecule has 3 rings (SSSR count). The average Bonchev–Trinajstić information content (AvgIpc) is 2.59. The van der Waals surface area contributed by atoms with Crippen molar-refractivity contribution in [2.75, 3.05) is 6.61 Å². The number of esters is 1. The lowest BCUT2D eigenvalue weighted by atomic mass is 10.0. The first-order valence-corrected chi connectivity index (χ1v) is 5.04. The van der Waals surface area contributed by atoms with Crippen molar-refractivity contribution in [3.05, 3.63) is 35.0 Å². The van der Waals surface area contributed by atoms with Crippen molar-refractivity contribution in [3.8, 4) is 0 Å². The molecular weight excluding hydrogens is 190 g/mol. The van der Waals surface area contributed by atoms with Gasteiger partial charge in [0, 0.05) is 17.3 Å². The van der Waals surface area contributed by atoms with Crippen LogP contribution in [-0.4, -0.2) is 17.6 Å². The maximum Gasteiger partial charge on any atom is 0.355 e. The van der Waals surface area contributed by atoms with Crippen molar-refractivity contribution in [1.29, 1.82) is 0 Å². The molecule has 2 heterocycles. The fourth-order valence-electron chi connectivity index (χ4n) is 2.25. The Morgan fingerprint density at radius 1 is 1.40 bits per heavy atom. The third-order valence-electron chi connectivity index (χ3n) is 2.93. The standard InChI is InChI=1S/C12H11NO2/c1-7-3-2-4-9-10(7)8-5-6-15-12(14)11(8)13-9/h2-4,13H,5-6H2,1H3. The molecule has 0 atom stereocenters. The van der Waals surface area contributed by atoms with E-state index in [1.807, 2.05) is 12.1 Å². The summed E-state index contributed by atoms with van der Waals surface area (Å²) in [5, 5.41) is 1.18. The maximum absolute atomic E-state index is 11.5. The van der Waals surface area contributed by atoms with Gasteiger partial charge in [0.25, 0.3) is 0 Å². The number of benzene rings is 1. The van der Waals surface area contributed by atoms with E-state index in [9.17, 15) is 4.79 Å². The normalized spacial score (nSPS) is 15.1. The Labute approximate surface area is 87.1 Å². The topological polar surface area (TPSA) is 42.1 Å². The van der Waals surface area contributed by atoms with Crippen molar-refractivity contribution in [2.24, 2.45) is 0 Å². The summed E-state index contributed by atoms with van der Waals surface area (Å²) in [6.45, 7) is 2.56. The Kier molecular flexibility index (Phi) is 1.63. The highest BCUT2D eigenvalue weighted by Crippen LogP contribution is 2.28. The van der Waals surface area contributed by atoms with Crippen LogP contribution in [-0.2, 0) is 11.2 Å². The highest BCUT2D eigenvalue weighted by Gasteiger charge is 2.23. The first kappa shape index (κ1) is 8.53. The zero-order valence-electron chi connectivity index (χ0n) is 8.46. The molecule has 0 radical (unpaired) electrons. The number of cyclic esters (lactones) is 1. The van der Waals surface area contributed by atoms with Crippen molar-refractivity contribution >= 4 is 16.9 Å². The smallest absolute Gasteiger partial charge is 0.355 e. The van der Waals surface area contributed by atoms with Gasteiger partial charge in [-0.25, -0.2) is 4.79 Å². The summed E-state index contributed by atoms with van der Waals surface area (Å²) in [6, 6.07) is 6.05. The minimum atomic E-state index is -0.230. The van der Waals surface area contributed by atoms with Gasteiger partial charge in [0.05, 0.1) is 6.61 Å². The Bertz CT molecular complexity index is 554. The monoisotopic (exact) mass is 201 g/mol. The number of carbonyl (C=O) groups excluding carboxylic acids is 1. The number of hydrogen-bond donors (Lipinski definition) is 1. The van der Waals surface area contributed by atoms with Crippen LogP contribution in [0.3, 0.4) is 0 Å². The summed E-state index contributed by atoms with van der Waals surface area (Å²) in [6.07, 6.45) is 0.811. The van der Waals surface area contributed by atoms with Gasteiger partial charge in [0.1, 0.15) is 5.69 Å². The van der Waals surface area contributed by atoms with Crippen molar-refractivity contribution in [2.45, 2.75) is 13.3 Å². The van der Waals surface area contributed by atoms with Gasteiger partial charge in [0.2, 0.25) is 0 Å². The summed E-state index contributed by atoms with van der Waals surface area (Å²) in [7, 11) is 0. The Hall–Kier alpha value is -1.77. The first-order chi connectivity index (χ1) is 7.27. The van der Waals surface area contributed by atoms with Gasteiger partial charge in [-0.05, 0) is 24.1 Å². The molecule has 0 aliphatic carbocycles. The molecule has 3 nitrogen and oxygen atoms in total. The second-order valence-electron chi connectivity index (χ2n) is 3.86. The Morgan fingerprint density at radius 3 is 3.13 bits per heavy atom. The fraction of sp³-hybridized carbons (Fsp3) is 0.250. The number of aromatic nitrogens is 1. The number of carbonyl (C=O) groups is 1. The second-order valence-corrected chi connectivity index (χ2v) is 3.86. The zero-order valence-corrected chi connectivity index (χ0v) is 8.46. The van der Waals surface area contributed by atoms with E-state index in [0.29, 0.717) is 12.3 Å². The molecule has 0 saturated heterocycles. The number of aromatic amines is 1. The lowest BCUT2D eigenvalue weighted by Crippen LogP contribution is -2.16. The summed E-state index contributed by atoms with van der Waals surface area (Å²) >= 11 is 0. The van der Waals surface area contributed by atoms with Crippen LogP contribution in [0.2, 0.25) is 0 Å². The Morgan fingerprint density at radius 2 is 2.27 bits per heavy atom. The van der Waals surface area contributed by atoms with Crippen molar-refractivity contribution in [3.63, 3.8) is 0 Å². The van der Waals surface area contributed by atoms with Crippen LogP contribution in [0.5, 0.6) is 0 Å². The van der Waals surface area contributed by atoms with Crippen LogP contribution in [0.4, 0.5) is 0 Å². The van der Waals surface area contributed by atoms with Crippen LogP contribution in [0.15, 0.2) is 18.2 Å². The molecular formula is C12H11NO2. The lowest BCUT2D eigenvalue weighted by molar-refractivity contribution is 0.0475. The Balaban J connectivity index is 2.41. The van der Waals surface area contributed by atoms with Gasteiger partial charge in [-0.3, -0.25) is 0 Å². The number of fused-ring (bicyclic) bond motifs is 3. The summed E-state index contributed by atoms with van der Waals surface area (Å²) in [4.78, 5) is 14.6. The molecule has 2 aromatic rings. The quantitative estimate of drug-likeness (QED) is 0.664. The largest absolute Gasteiger partial charge is 0.461 e. The van der Waals surface area contributed by atoms with Crippen LogP contribution in [0.25, 0.3) is 10.9 Å². The number of aryl methyl sites for hydroxylation is 1. The SMILES string of the molecule is Cc1cccc2[nH]c3c(c12)CCOC3=O. The molecule has 15 heavy (non-hydrogen) atoms.